The first kappa shape index (κ1) is 15.6. The smallest absolute Gasteiger partial charge is 0.144 e. The van der Waals surface area contributed by atoms with Gasteiger partial charge in [0.2, 0.25) is 0 Å². The summed E-state index contributed by atoms with van der Waals surface area (Å²) in [4.78, 5) is 0. The van der Waals surface area contributed by atoms with Gasteiger partial charge >= 0.3 is 0 Å². The minimum absolute atomic E-state index is 0.199. The van der Waals surface area contributed by atoms with Crippen LogP contribution in [0, 0.1) is 5.41 Å². The van der Waals surface area contributed by atoms with Crippen molar-refractivity contribution in [2.75, 3.05) is 13.7 Å². The summed E-state index contributed by atoms with van der Waals surface area (Å²) in [5.74, 6) is 1.69. The van der Waals surface area contributed by atoms with E-state index in [4.69, 9.17) is 20.4 Å². The van der Waals surface area contributed by atoms with E-state index in [1.807, 2.05) is 32.0 Å². The summed E-state index contributed by atoms with van der Waals surface area (Å²) in [5.41, 5.74) is 5.21. The fraction of sp³-hybridized carbons (Fsp3) is 0.462. The summed E-state index contributed by atoms with van der Waals surface area (Å²) in [6.07, 6.45) is 0.640. The number of oxime groups is 1. The molecule has 0 fully saturated rings. The Morgan fingerprint density at radius 2 is 2.16 bits per heavy atom. The lowest BCUT2D eigenvalue weighted by molar-refractivity contribution is 0.258. The molecule has 0 radical (unpaired) electrons. The Labute approximate surface area is 121 Å². The van der Waals surface area contributed by atoms with Crippen LogP contribution in [0.2, 0.25) is 0 Å². The molecular formula is C13H19BrN2O3. The molecule has 1 aromatic rings. The largest absolute Gasteiger partial charge is 0.497 e. The molecule has 0 aliphatic rings. The van der Waals surface area contributed by atoms with Crippen LogP contribution in [-0.4, -0.2) is 24.8 Å². The summed E-state index contributed by atoms with van der Waals surface area (Å²) in [7, 11) is 1.61. The fourth-order valence-electron chi connectivity index (χ4n) is 1.41. The number of ether oxygens (including phenoxy) is 2. The highest BCUT2D eigenvalue weighted by atomic mass is 79.9. The number of rotatable bonds is 6. The quantitative estimate of drug-likeness (QED) is 0.364. The molecule has 1 rings (SSSR count). The first-order chi connectivity index (χ1) is 8.90. The molecule has 0 spiro atoms. The van der Waals surface area contributed by atoms with E-state index in [1.165, 1.54) is 0 Å². The highest BCUT2D eigenvalue weighted by Crippen LogP contribution is 2.30. The van der Waals surface area contributed by atoms with Gasteiger partial charge in [0.1, 0.15) is 17.3 Å². The van der Waals surface area contributed by atoms with Crippen LogP contribution < -0.4 is 15.2 Å². The van der Waals surface area contributed by atoms with E-state index in [-0.39, 0.29) is 5.84 Å². The standard InChI is InChI=1S/C13H19BrN2O3/c1-13(2,12(15)16-17)6-7-19-11-5-4-9(18-3)8-10(11)14/h4-5,8,17H,6-7H2,1-3H3,(H2,15,16). The number of hydrogen-bond acceptors (Lipinski definition) is 4. The molecule has 0 saturated carbocycles. The Morgan fingerprint density at radius 1 is 1.47 bits per heavy atom. The van der Waals surface area contributed by atoms with Crippen molar-refractivity contribution in [2.24, 2.45) is 16.3 Å². The molecule has 0 aliphatic heterocycles. The molecule has 19 heavy (non-hydrogen) atoms. The Balaban J connectivity index is 2.59. The van der Waals surface area contributed by atoms with E-state index in [1.54, 1.807) is 7.11 Å². The maximum absolute atomic E-state index is 8.69. The molecule has 0 saturated heterocycles. The summed E-state index contributed by atoms with van der Waals surface area (Å²) in [6, 6.07) is 5.50. The Morgan fingerprint density at radius 3 is 2.68 bits per heavy atom. The normalized spacial score (nSPS) is 12.3. The molecule has 0 aromatic heterocycles. The summed E-state index contributed by atoms with van der Waals surface area (Å²) in [6.45, 7) is 4.26. The fourth-order valence-corrected chi connectivity index (χ4v) is 1.88. The molecule has 0 bridgehead atoms. The van der Waals surface area contributed by atoms with Gasteiger partial charge in [-0.15, -0.1) is 0 Å². The zero-order valence-corrected chi connectivity index (χ0v) is 12.9. The molecule has 0 aliphatic carbocycles. The molecule has 0 amide bonds. The highest BCUT2D eigenvalue weighted by Gasteiger charge is 2.23. The van der Waals surface area contributed by atoms with Crippen LogP contribution in [0.5, 0.6) is 11.5 Å². The Kier molecular flexibility index (Phi) is 5.47. The van der Waals surface area contributed by atoms with Crippen molar-refractivity contribution in [2.45, 2.75) is 20.3 Å². The molecule has 106 valence electrons. The molecule has 0 unspecified atom stereocenters. The van der Waals surface area contributed by atoms with Gasteiger partial charge in [0.25, 0.3) is 0 Å². The number of amidine groups is 1. The highest BCUT2D eigenvalue weighted by molar-refractivity contribution is 9.10. The molecule has 0 atom stereocenters. The van der Waals surface area contributed by atoms with E-state index in [0.29, 0.717) is 13.0 Å². The minimum Gasteiger partial charge on any atom is -0.497 e. The van der Waals surface area contributed by atoms with E-state index in [2.05, 4.69) is 21.1 Å². The Bertz CT molecular complexity index is 461. The molecule has 3 N–H and O–H groups in total. The Hall–Kier alpha value is -1.43. The predicted molar refractivity (Wildman–Crippen MR) is 78.0 cm³/mol. The van der Waals surface area contributed by atoms with Crippen LogP contribution in [-0.2, 0) is 0 Å². The third-order valence-electron chi connectivity index (χ3n) is 2.92. The number of methoxy groups -OCH3 is 1. The summed E-state index contributed by atoms with van der Waals surface area (Å²) < 4.78 is 11.6. The van der Waals surface area contributed by atoms with Gasteiger partial charge in [0.15, 0.2) is 0 Å². The zero-order chi connectivity index (χ0) is 14.5. The number of benzene rings is 1. The van der Waals surface area contributed by atoms with Gasteiger partial charge < -0.3 is 20.4 Å². The van der Waals surface area contributed by atoms with Crippen molar-refractivity contribution < 1.29 is 14.7 Å². The number of nitrogens with two attached hydrogens (primary N) is 1. The van der Waals surface area contributed by atoms with Crippen molar-refractivity contribution in [3.05, 3.63) is 22.7 Å². The average Bonchev–Trinajstić information content (AvgIpc) is 2.39. The van der Waals surface area contributed by atoms with Gasteiger partial charge in [-0.1, -0.05) is 19.0 Å². The number of nitrogens with zero attached hydrogens (tertiary/aromatic N) is 1. The minimum atomic E-state index is -0.409. The third kappa shape index (κ3) is 4.31. The van der Waals surface area contributed by atoms with Gasteiger partial charge in [-0.25, -0.2) is 0 Å². The second-order valence-electron chi connectivity index (χ2n) is 4.76. The van der Waals surface area contributed by atoms with E-state index < -0.39 is 5.41 Å². The van der Waals surface area contributed by atoms with Crippen LogP contribution in [0.25, 0.3) is 0 Å². The van der Waals surface area contributed by atoms with Crippen molar-refractivity contribution in [3.63, 3.8) is 0 Å². The number of hydrogen-bond donors (Lipinski definition) is 2. The monoisotopic (exact) mass is 330 g/mol. The first-order valence-corrected chi connectivity index (χ1v) is 6.64. The molecule has 1 aromatic carbocycles. The SMILES string of the molecule is COc1ccc(OCCC(C)(C)/C(N)=N/O)c(Br)c1. The predicted octanol–water partition coefficient (Wildman–Crippen LogP) is 3.00. The maximum atomic E-state index is 8.69. The lowest BCUT2D eigenvalue weighted by Gasteiger charge is -2.22. The van der Waals surface area contributed by atoms with Crippen LogP contribution in [0.4, 0.5) is 0 Å². The average molecular weight is 331 g/mol. The first-order valence-electron chi connectivity index (χ1n) is 5.85. The van der Waals surface area contributed by atoms with Gasteiger partial charge in [-0.3, -0.25) is 0 Å². The summed E-state index contributed by atoms with van der Waals surface area (Å²) >= 11 is 3.42. The lowest BCUT2D eigenvalue weighted by atomic mass is 9.88. The third-order valence-corrected chi connectivity index (χ3v) is 3.54. The maximum Gasteiger partial charge on any atom is 0.144 e. The van der Waals surface area contributed by atoms with Crippen LogP contribution >= 0.6 is 15.9 Å². The van der Waals surface area contributed by atoms with Crippen LogP contribution in [0.3, 0.4) is 0 Å². The zero-order valence-electron chi connectivity index (χ0n) is 11.3. The second-order valence-corrected chi connectivity index (χ2v) is 5.62. The summed E-state index contributed by atoms with van der Waals surface area (Å²) in [5, 5.41) is 11.7. The number of halogens is 1. The van der Waals surface area contributed by atoms with Crippen LogP contribution in [0.1, 0.15) is 20.3 Å². The van der Waals surface area contributed by atoms with Crippen molar-refractivity contribution in [1.82, 2.24) is 0 Å². The second kappa shape index (κ2) is 6.65. The van der Waals surface area contributed by atoms with Crippen molar-refractivity contribution in [1.29, 1.82) is 0 Å². The van der Waals surface area contributed by atoms with Crippen molar-refractivity contribution in [3.8, 4) is 11.5 Å². The van der Waals surface area contributed by atoms with Gasteiger partial charge in [0.05, 0.1) is 18.2 Å². The lowest BCUT2D eigenvalue weighted by Crippen LogP contribution is -2.33. The van der Waals surface area contributed by atoms with Crippen LogP contribution in [0.15, 0.2) is 27.8 Å². The molecule has 6 heteroatoms. The molecule has 5 nitrogen and oxygen atoms in total. The van der Waals surface area contributed by atoms with Gasteiger partial charge in [-0.05, 0) is 40.5 Å². The van der Waals surface area contributed by atoms with E-state index in [9.17, 15) is 0 Å². The van der Waals surface area contributed by atoms with Gasteiger partial charge in [-0.2, -0.15) is 0 Å². The molecular weight excluding hydrogens is 312 g/mol. The van der Waals surface area contributed by atoms with E-state index >= 15 is 0 Å². The van der Waals surface area contributed by atoms with Crippen molar-refractivity contribution >= 4 is 21.8 Å². The topological polar surface area (TPSA) is 77.1 Å². The molecule has 0 heterocycles. The van der Waals surface area contributed by atoms with E-state index in [0.717, 1.165) is 16.0 Å². The van der Waals surface area contributed by atoms with Gasteiger partial charge in [0, 0.05) is 5.41 Å².